The maximum Gasteiger partial charge on any atom is 0.271 e. The van der Waals surface area contributed by atoms with Crippen LogP contribution in [0.4, 0.5) is 11.4 Å². The Bertz CT molecular complexity index is 749. The van der Waals surface area contributed by atoms with Gasteiger partial charge in [0.15, 0.2) is 5.17 Å². The quantitative estimate of drug-likeness (QED) is 0.661. The van der Waals surface area contributed by atoms with Crippen LogP contribution in [0.25, 0.3) is 0 Å². The number of hydrogen-bond acceptors (Lipinski definition) is 6. The first-order chi connectivity index (χ1) is 11.5. The fourth-order valence-electron chi connectivity index (χ4n) is 2.60. The molecule has 1 saturated heterocycles. The van der Waals surface area contributed by atoms with E-state index in [1.54, 1.807) is 17.9 Å². The zero-order valence-corrected chi connectivity index (χ0v) is 13.8. The van der Waals surface area contributed by atoms with Crippen LogP contribution in [0.2, 0.25) is 0 Å². The van der Waals surface area contributed by atoms with E-state index in [2.05, 4.69) is 10.3 Å². The van der Waals surface area contributed by atoms with E-state index in [0.29, 0.717) is 23.9 Å². The van der Waals surface area contributed by atoms with Crippen molar-refractivity contribution in [3.63, 3.8) is 0 Å². The van der Waals surface area contributed by atoms with Crippen LogP contribution in [-0.2, 0) is 9.59 Å². The number of carbonyl (C=O) groups is 2. The average molecular weight is 348 g/mol. The van der Waals surface area contributed by atoms with Crippen LogP contribution < -0.4 is 5.32 Å². The minimum Gasteiger partial charge on any atom is -0.326 e. The number of non-ortho nitro benzene ring substituents is 1. The summed E-state index contributed by atoms with van der Waals surface area (Å²) in [7, 11) is 0. The first kappa shape index (κ1) is 16.4. The third kappa shape index (κ3) is 3.25. The van der Waals surface area contributed by atoms with Gasteiger partial charge in [-0.2, -0.15) is 0 Å². The van der Waals surface area contributed by atoms with E-state index in [1.807, 2.05) is 0 Å². The fourth-order valence-corrected chi connectivity index (χ4v) is 3.79. The largest absolute Gasteiger partial charge is 0.326 e. The van der Waals surface area contributed by atoms with E-state index in [0.717, 1.165) is 12.0 Å². The molecule has 1 aromatic rings. The summed E-state index contributed by atoms with van der Waals surface area (Å²) in [5.41, 5.74) is 1.02. The van der Waals surface area contributed by atoms with Crippen LogP contribution in [-0.4, -0.2) is 45.1 Å². The van der Waals surface area contributed by atoms with Gasteiger partial charge in [-0.05, 0) is 18.9 Å². The maximum atomic E-state index is 12.3. The molecule has 8 nitrogen and oxygen atoms in total. The molecule has 0 aliphatic carbocycles. The number of benzene rings is 1. The number of anilines is 1. The van der Waals surface area contributed by atoms with E-state index in [1.165, 1.54) is 23.9 Å². The lowest BCUT2D eigenvalue weighted by Gasteiger charge is -2.19. The highest BCUT2D eigenvalue weighted by Crippen LogP contribution is 2.31. The summed E-state index contributed by atoms with van der Waals surface area (Å²) >= 11 is 1.31. The van der Waals surface area contributed by atoms with Crippen molar-refractivity contribution in [1.82, 2.24) is 4.90 Å². The SMILES string of the molecule is Cc1ccc([N+](=O)[O-])cc1NC(=O)CC1SC2=NCCCN2C1=O. The summed E-state index contributed by atoms with van der Waals surface area (Å²) in [5.74, 6) is -0.436. The second kappa shape index (κ2) is 6.60. The third-order valence-electron chi connectivity index (χ3n) is 3.88. The first-order valence-corrected chi connectivity index (χ1v) is 8.41. The van der Waals surface area contributed by atoms with Crippen molar-refractivity contribution < 1.29 is 14.5 Å². The Balaban J connectivity index is 1.67. The molecule has 0 radical (unpaired) electrons. The summed E-state index contributed by atoms with van der Waals surface area (Å²) < 4.78 is 0. The number of aryl methyl sites for hydroxylation is 1. The Morgan fingerprint density at radius 2 is 2.33 bits per heavy atom. The van der Waals surface area contributed by atoms with Crippen molar-refractivity contribution in [3.05, 3.63) is 33.9 Å². The number of nitro groups is 1. The van der Waals surface area contributed by atoms with Gasteiger partial charge in [-0.1, -0.05) is 17.8 Å². The molecule has 2 aliphatic heterocycles. The molecule has 0 spiro atoms. The monoisotopic (exact) mass is 348 g/mol. The number of nitro benzene ring substituents is 1. The van der Waals surface area contributed by atoms with Gasteiger partial charge in [0, 0.05) is 31.6 Å². The summed E-state index contributed by atoms with van der Waals surface area (Å²) in [5, 5.41) is 13.7. The van der Waals surface area contributed by atoms with Crippen LogP contribution in [0, 0.1) is 17.0 Å². The Labute approximate surface area is 142 Å². The number of amidine groups is 1. The number of carbonyl (C=O) groups excluding carboxylic acids is 2. The third-order valence-corrected chi connectivity index (χ3v) is 5.10. The van der Waals surface area contributed by atoms with Crippen molar-refractivity contribution in [2.45, 2.75) is 25.0 Å². The predicted octanol–water partition coefficient (Wildman–Crippen LogP) is 1.94. The maximum absolute atomic E-state index is 12.3. The highest BCUT2D eigenvalue weighted by molar-refractivity contribution is 8.15. The highest BCUT2D eigenvalue weighted by atomic mass is 32.2. The van der Waals surface area contributed by atoms with Crippen molar-refractivity contribution in [2.75, 3.05) is 18.4 Å². The molecular weight excluding hydrogens is 332 g/mol. The van der Waals surface area contributed by atoms with E-state index in [4.69, 9.17) is 0 Å². The minimum absolute atomic E-state index is 0.0150. The molecule has 1 N–H and O–H groups in total. The van der Waals surface area contributed by atoms with Gasteiger partial charge in [-0.15, -0.1) is 0 Å². The van der Waals surface area contributed by atoms with Crippen molar-refractivity contribution in [1.29, 1.82) is 0 Å². The lowest BCUT2D eigenvalue weighted by atomic mass is 10.1. The van der Waals surface area contributed by atoms with Gasteiger partial charge in [0.25, 0.3) is 5.69 Å². The van der Waals surface area contributed by atoms with Gasteiger partial charge in [-0.3, -0.25) is 29.6 Å². The number of hydrogen-bond donors (Lipinski definition) is 1. The number of aliphatic imine (C=N–C) groups is 1. The van der Waals surface area contributed by atoms with Crippen LogP contribution in [0.3, 0.4) is 0 Å². The smallest absolute Gasteiger partial charge is 0.271 e. The van der Waals surface area contributed by atoms with Crippen molar-refractivity contribution >= 4 is 40.1 Å². The molecule has 3 rings (SSSR count). The van der Waals surface area contributed by atoms with E-state index >= 15 is 0 Å². The topological polar surface area (TPSA) is 105 Å². The Hall–Kier alpha value is -2.42. The predicted molar refractivity (Wildman–Crippen MR) is 91.1 cm³/mol. The summed E-state index contributed by atoms with van der Waals surface area (Å²) in [6, 6.07) is 4.29. The van der Waals surface area contributed by atoms with E-state index in [9.17, 15) is 19.7 Å². The molecule has 2 amide bonds. The number of rotatable bonds is 4. The molecule has 2 heterocycles. The first-order valence-electron chi connectivity index (χ1n) is 7.53. The highest BCUT2D eigenvalue weighted by Gasteiger charge is 2.39. The van der Waals surface area contributed by atoms with E-state index < -0.39 is 10.2 Å². The number of nitrogens with one attached hydrogen (secondary N) is 1. The van der Waals surface area contributed by atoms with Crippen molar-refractivity contribution in [2.24, 2.45) is 4.99 Å². The van der Waals surface area contributed by atoms with Gasteiger partial charge in [0.1, 0.15) is 5.25 Å². The van der Waals surface area contributed by atoms with E-state index in [-0.39, 0.29) is 23.9 Å². The summed E-state index contributed by atoms with van der Waals surface area (Å²) in [6.07, 6.45) is 0.850. The minimum atomic E-state index is -0.512. The Morgan fingerprint density at radius 3 is 3.04 bits per heavy atom. The lowest BCUT2D eigenvalue weighted by molar-refractivity contribution is -0.384. The Kier molecular flexibility index (Phi) is 4.52. The summed E-state index contributed by atoms with van der Waals surface area (Å²) in [6.45, 7) is 3.11. The van der Waals surface area contributed by atoms with Gasteiger partial charge in [0.2, 0.25) is 11.8 Å². The molecule has 24 heavy (non-hydrogen) atoms. The molecule has 0 aromatic heterocycles. The fraction of sp³-hybridized carbons (Fsp3) is 0.400. The van der Waals surface area contributed by atoms with Gasteiger partial charge >= 0.3 is 0 Å². The standard InChI is InChI=1S/C15H16N4O4S/c1-9-3-4-10(19(22)23)7-11(9)17-13(20)8-12-14(21)18-6-2-5-16-15(18)24-12/h3-4,7,12H,2,5-6,8H2,1H3,(H,17,20). The number of amides is 2. The van der Waals surface area contributed by atoms with Crippen molar-refractivity contribution in [3.8, 4) is 0 Å². The van der Waals surface area contributed by atoms with Gasteiger partial charge in [-0.25, -0.2) is 0 Å². The number of thioether (sulfide) groups is 1. The molecule has 1 unspecified atom stereocenters. The molecule has 0 saturated carbocycles. The molecule has 1 atom stereocenters. The van der Waals surface area contributed by atoms with Crippen LogP contribution in [0.1, 0.15) is 18.4 Å². The Morgan fingerprint density at radius 1 is 1.54 bits per heavy atom. The van der Waals surface area contributed by atoms with Crippen LogP contribution in [0.15, 0.2) is 23.2 Å². The lowest BCUT2D eigenvalue weighted by Crippen LogP contribution is -2.36. The second-order valence-corrected chi connectivity index (χ2v) is 6.79. The molecule has 126 valence electrons. The average Bonchev–Trinajstić information content (AvgIpc) is 2.86. The van der Waals surface area contributed by atoms with Crippen LogP contribution >= 0.6 is 11.8 Å². The second-order valence-electron chi connectivity index (χ2n) is 5.62. The number of nitrogens with zero attached hydrogens (tertiary/aromatic N) is 3. The molecule has 0 bridgehead atoms. The van der Waals surface area contributed by atoms with Gasteiger partial charge in [0.05, 0.1) is 10.6 Å². The molecule has 9 heteroatoms. The molecule has 2 aliphatic rings. The van der Waals surface area contributed by atoms with Gasteiger partial charge < -0.3 is 5.32 Å². The van der Waals surface area contributed by atoms with Crippen LogP contribution in [0.5, 0.6) is 0 Å². The normalized spacial score (nSPS) is 19.7. The summed E-state index contributed by atoms with van der Waals surface area (Å²) in [4.78, 5) is 40.8. The molecule has 1 aromatic carbocycles. The number of fused-ring (bicyclic) bond motifs is 1. The molecular formula is C15H16N4O4S. The zero-order chi connectivity index (χ0) is 17.3. The zero-order valence-electron chi connectivity index (χ0n) is 13.0. The molecule has 1 fully saturated rings.